The minimum atomic E-state index is -0.513. The lowest BCUT2D eigenvalue weighted by Gasteiger charge is -2.32. The predicted molar refractivity (Wildman–Crippen MR) is 81.8 cm³/mol. The van der Waals surface area contributed by atoms with Crippen molar-refractivity contribution in [2.24, 2.45) is 0 Å². The Labute approximate surface area is 129 Å². The smallest absolute Gasteiger partial charge is 0.310 e. The molecule has 0 saturated carbocycles. The molecule has 22 heavy (non-hydrogen) atoms. The summed E-state index contributed by atoms with van der Waals surface area (Å²) in [6.45, 7) is 5.39. The van der Waals surface area contributed by atoms with E-state index in [-0.39, 0.29) is 36.0 Å². The Morgan fingerprint density at radius 1 is 1.50 bits per heavy atom. The molecule has 1 saturated heterocycles. The normalized spacial score (nSPS) is 17.5. The molecule has 7 heteroatoms. The van der Waals surface area contributed by atoms with Gasteiger partial charge in [-0.05, 0) is 32.9 Å². The van der Waals surface area contributed by atoms with Crippen LogP contribution in [0.2, 0.25) is 0 Å². The second-order valence-corrected chi connectivity index (χ2v) is 5.55. The van der Waals surface area contributed by atoms with E-state index in [0.29, 0.717) is 0 Å². The molecule has 0 aromatic heterocycles. The van der Waals surface area contributed by atoms with Gasteiger partial charge in [-0.1, -0.05) is 12.1 Å². The van der Waals surface area contributed by atoms with E-state index in [4.69, 9.17) is 4.74 Å². The van der Waals surface area contributed by atoms with E-state index in [1.54, 1.807) is 17.0 Å². The zero-order chi connectivity index (χ0) is 16.1. The molecule has 1 aromatic carbocycles. The number of benzene rings is 1. The Balaban J connectivity index is 2.03. The summed E-state index contributed by atoms with van der Waals surface area (Å²) < 4.78 is 5.40. The summed E-state index contributed by atoms with van der Waals surface area (Å²) in [5.41, 5.74) is -0.131. The second kappa shape index (κ2) is 7.22. The molecule has 1 heterocycles. The lowest BCUT2D eigenvalue weighted by Crippen LogP contribution is -2.47. The van der Waals surface area contributed by atoms with Gasteiger partial charge in [0.15, 0.2) is 12.4 Å². The van der Waals surface area contributed by atoms with Crippen LogP contribution in [0.3, 0.4) is 0 Å². The quantitative estimate of drug-likeness (QED) is 0.637. The van der Waals surface area contributed by atoms with E-state index in [9.17, 15) is 14.9 Å². The Kier molecular flexibility index (Phi) is 5.32. The van der Waals surface area contributed by atoms with Gasteiger partial charge in [-0.3, -0.25) is 14.9 Å². The highest BCUT2D eigenvalue weighted by molar-refractivity contribution is 5.78. The number of hydrogen-bond donors (Lipinski definition) is 1. The molecule has 1 amide bonds. The number of carbonyl (C=O) groups excluding carboxylic acids is 1. The number of hydrogen-bond acceptors (Lipinski definition) is 5. The summed E-state index contributed by atoms with van der Waals surface area (Å²) in [5.74, 6) is -0.0315. The number of para-hydroxylation sites is 2. The number of rotatable bonds is 6. The summed E-state index contributed by atoms with van der Waals surface area (Å²) in [4.78, 5) is 24.7. The van der Waals surface area contributed by atoms with E-state index in [2.05, 4.69) is 5.32 Å². The first-order chi connectivity index (χ1) is 10.5. The molecule has 0 aliphatic carbocycles. The lowest BCUT2D eigenvalue weighted by molar-refractivity contribution is -0.385. The topological polar surface area (TPSA) is 84.7 Å². The highest BCUT2D eigenvalue weighted by Gasteiger charge is 2.29. The molecule has 1 aliphatic rings. The van der Waals surface area contributed by atoms with Gasteiger partial charge in [-0.2, -0.15) is 0 Å². The molecule has 2 rings (SSSR count). The number of nitro groups is 1. The molecule has 1 fully saturated rings. The Bertz CT molecular complexity index is 541. The van der Waals surface area contributed by atoms with Gasteiger partial charge < -0.3 is 15.0 Å². The van der Waals surface area contributed by atoms with Gasteiger partial charge in [-0.15, -0.1) is 0 Å². The number of nitrogens with zero attached hydrogens (tertiary/aromatic N) is 2. The monoisotopic (exact) mass is 307 g/mol. The summed E-state index contributed by atoms with van der Waals surface area (Å²) >= 11 is 0. The standard InChI is InChI=1S/C15H21N3O4/c1-11(2)17(12-7-8-16-9-12)15(19)10-22-14-6-4-3-5-13(14)18(20)21/h3-6,11-12,16H,7-10H2,1-2H3. The van der Waals surface area contributed by atoms with Gasteiger partial charge in [0.25, 0.3) is 5.91 Å². The zero-order valence-corrected chi connectivity index (χ0v) is 12.8. The highest BCUT2D eigenvalue weighted by Crippen LogP contribution is 2.26. The Hall–Kier alpha value is -2.15. The number of amides is 1. The molecule has 0 radical (unpaired) electrons. The Morgan fingerprint density at radius 3 is 2.82 bits per heavy atom. The molecule has 7 nitrogen and oxygen atoms in total. The van der Waals surface area contributed by atoms with Crippen LogP contribution in [-0.2, 0) is 4.79 Å². The molecular weight excluding hydrogens is 286 g/mol. The van der Waals surface area contributed by atoms with Gasteiger partial charge in [0, 0.05) is 24.7 Å². The molecular formula is C15H21N3O4. The van der Waals surface area contributed by atoms with E-state index in [1.807, 2.05) is 13.8 Å². The lowest BCUT2D eigenvalue weighted by atomic mass is 10.1. The number of ether oxygens (including phenoxy) is 1. The van der Waals surface area contributed by atoms with E-state index >= 15 is 0 Å². The number of nitro benzene ring substituents is 1. The second-order valence-electron chi connectivity index (χ2n) is 5.55. The third-order valence-electron chi connectivity index (χ3n) is 3.69. The van der Waals surface area contributed by atoms with Gasteiger partial charge in [0.05, 0.1) is 4.92 Å². The van der Waals surface area contributed by atoms with Crippen molar-refractivity contribution in [1.29, 1.82) is 0 Å². The summed E-state index contributed by atoms with van der Waals surface area (Å²) in [6, 6.07) is 6.29. The van der Waals surface area contributed by atoms with Crippen LogP contribution in [0.25, 0.3) is 0 Å². The maximum atomic E-state index is 12.4. The molecule has 1 N–H and O–H groups in total. The highest BCUT2D eigenvalue weighted by atomic mass is 16.6. The van der Waals surface area contributed by atoms with Crippen LogP contribution in [0.15, 0.2) is 24.3 Å². The Morgan fingerprint density at radius 2 is 2.23 bits per heavy atom. The van der Waals surface area contributed by atoms with Crippen molar-refractivity contribution < 1.29 is 14.5 Å². The first-order valence-electron chi connectivity index (χ1n) is 7.38. The molecule has 0 spiro atoms. The fourth-order valence-electron chi connectivity index (χ4n) is 2.73. The minimum Gasteiger partial charge on any atom is -0.477 e. The fraction of sp³-hybridized carbons (Fsp3) is 0.533. The van der Waals surface area contributed by atoms with Crippen molar-refractivity contribution in [2.75, 3.05) is 19.7 Å². The van der Waals surface area contributed by atoms with Gasteiger partial charge >= 0.3 is 5.69 Å². The van der Waals surface area contributed by atoms with Gasteiger partial charge in [0.1, 0.15) is 0 Å². The van der Waals surface area contributed by atoms with Crippen molar-refractivity contribution in [3.63, 3.8) is 0 Å². The SMILES string of the molecule is CC(C)N(C(=O)COc1ccccc1[N+](=O)[O-])C1CCNC1. The number of nitrogens with one attached hydrogen (secondary N) is 1. The van der Waals surface area contributed by atoms with Crippen molar-refractivity contribution in [1.82, 2.24) is 10.2 Å². The van der Waals surface area contributed by atoms with Crippen LogP contribution in [0.5, 0.6) is 5.75 Å². The van der Waals surface area contributed by atoms with Crippen LogP contribution in [0, 0.1) is 10.1 Å². The molecule has 1 aromatic rings. The average molecular weight is 307 g/mol. The first-order valence-corrected chi connectivity index (χ1v) is 7.38. The van der Waals surface area contributed by atoms with Crippen LogP contribution in [0.1, 0.15) is 20.3 Å². The molecule has 1 atom stereocenters. The summed E-state index contributed by atoms with van der Waals surface area (Å²) in [6.07, 6.45) is 0.912. The van der Waals surface area contributed by atoms with Crippen molar-refractivity contribution in [3.05, 3.63) is 34.4 Å². The largest absolute Gasteiger partial charge is 0.477 e. The van der Waals surface area contributed by atoms with E-state index < -0.39 is 4.92 Å². The van der Waals surface area contributed by atoms with Crippen LogP contribution in [0.4, 0.5) is 5.69 Å². The maximum Gasteiger partial charge on any atom is 0.310 e. The van der Waals surface area contributed by atoms with Crippen molar-refractivity contribution in [2.45, 2.75) is 32.4 Å². The van der Waals surface area contributed by atoms with Crippen LogP contribution in [-0.4, -0.2) is 47.5 Å². The molecule has 120 valence electrons. The predicted octanol–water partition coefficient (Wildman–Crippen LogP) is 1.57. The summed E-state index contributed by atoms with van der Waals surface area (Å²) in [7, 11) is 0. The average Bonchev–Trinajstić information content (AvgIpc) is 2.99. The van der Waals surface area contributed by atoms with Crippen LogP contribution >= 0.6 is 0 Å². The first kappa shape index (κ1) is 16.2. The summed E-state index contributed by atoms with van der Waals surface area (Å²) in [5, 5.41) is 14.2. The molecule has 1 unspecified atom stereocenters. The third-order valence-corrected chi connectivity index (χ3v) is 3.69. The zero-order valence-electron chi connectivity index (χ0n) is 12.8. The third kappa shape index (κ3) is 3.73. The van der Waals surface area contributed by atoms with E-state index in [0.717, 1.165) is 19.5 Å². The minimum absolute atomic E-state index is 0.0618. The number of carbonyl (C=O) groups is 1. The van der Waals surface area contributed by atoms with Gasteiger partial charge in [0.2, 0.25) is 0 Å². The van der Waals surface area contributed by atoms with Crippen molar-refractivity contribution in [3.8, 4) is 5.75 Å². The van der Waals surface area contributed by atoms with Gasteiger partial charge in [-0.25, -0.2) is 0 Å². The van der Waals surface area contributed by atoms with Crippen LogP contribution < -0.4 is 10.1 Å². The van der Waals surface area contributed by atoms with Crippen molar-refractivity contribution >= 4 is 11.6 Å². The maximum absolute atomic E-state index is 12.4. The fourth-order valence-corrected chi connectivity index (χ4v) is 2.73. The molecule has 1 aliphatic heterocycles. The van der Waals surface area contributed by atoms with E-state index in [1.165, 1.54) is 12.1 Å². The molecule has 0 bridgehead atoms.